The van der Waals surface area contributed by atoms with Crippen molar-refractivity contribution >= 4 is 31.5 Å². The lowest BCUT2D eigenvalue weighted by molar-refractivity contribution is -0.660. The van der Waals surface area contributed by atoms with Gasteiger partial charge in [0.25, 0.3) is 23.4 Å². The van der Waals surface area contributed by atoms with Crippen molar-refractivity contribution in [3.63, 3.8) is 0 Å². The van der Waals surface area contributed by atoms with E-state index in [-0.39, 0.29) is 61.9 Å². The Morgan fingerprint density at radius 1 is 0.662 bits per heavy atom. The van der Waals surface area contributed by atoms with Crippen LogP contribution in [0.5, 0.6) is 11.5 Å². The van der Waals surface area contributed by atoms with E-state index in [0.29, 0.717) is 68.1 Å². The van der Waals surface area contributed by atoms with Crippen LogP contribution in [0.1, 0.15) is 50.3 Å². The number of ether oxygens (including phenoxy) is 4. The van der Waals surface area contributed by atoms with Gasteiger partial charge in [-0.1, -0.05) is 0 Å². The SMILES string of the molecule is O=C(NO)C1(S(=O)(=O)c2ccc(OCCCc3n[n+](-c4cccnc4)co3)cc2)CCOCC1.O=C(NO)C1(S(=O)(=O)c2ccc(OCCCc3nnc(-c4ccncc4)o3)cc2)CCOCC1. The number of aromatic nitrogens is 6. The second kappa shape index (κ2) is 22.4. The minimum absolute atomic E-state index is 0.0231. The Morgan fingerprint density at radius 2 is 1.18 bits per heavy atom. The number of aryl methyl sites for hydroxylation is 2. The van der Waals surface area contributed by atoms with Crippen molar-refractivity contribution in [1.29, 1.82) is 0 Å². The summed E-state index contributed by atoms with van der Waals surface area (Å²) in [6.45, 7) is 1.17. The predicted octanol–water partition coefficient (Wildman–Crippen LogP) is 3.16. The fraction of sp³-hybridized carbons (Fsp3) is 0.364. The van der Waals surface area contributed by atoms with Gasteiger partial charge in [-0.05, 0) is 110 Å². The molecule has 2 aliphatic rings. The first kappa shape index (κ1) is 49.2. The third-order valence-electron chi connectivity index (χ3n) is 11.3. The van der Waals surface area contributed by atoms with Gasteiger partial charge in [0.15, 0.2) is 29.2 Å². The fourth-order valence-corrected chi connectivity index (χ4v) is 11.4. The molecule has 0 spiro atoms. The van der Waals surface area contributed by atoms with E-state index in [9.17, 15) is 26.4 Å². The molecule has 2 fully saturated rings. The van der Waals surface area contributed by atoms with Gasteiger partial charge in [-0.2, -0.15) is 0 Å². The van der Waals surface area contributed by atoms with E-state index < -0.39 is 41.0 Å². The summed E-state index contributed by atoms with van der Waals surface area (Å²) in [6, 6.07) is 19.0. The maximum Gasteiger partial charge on any atom is 0.368 e. The lowest BCUT2D eigenvalue weighted by atomic mass is 9.98. The van der Waals surface area contributed by atoms with E-state index in [2.05, 4.69) is 25.3 Å². The van der Waals surface area contributed by atoms with Crippen molar-refractivity contribution in [2.45, 2.75) is 70.7 Å². The molecule has 8 rings (SSSR count). The number of pyridine rings is 2. The Kier molecular flexibility index (Phi) is 16.2. The molecule has 0 unspecified atom stereocenters. The summed E-state index contributed by atoms with van der Waals surface area (Å²) in [5, 5.41) is 30.7. The third kappa shape index (κ3) is 11.0. The highest BCUT2D eigenvalue weighted by atomic mass is 32.2. The lowest BCUT2D eigenvalue weighted by Crippen LogP contribution is -2.54. The maximum atomic E-state index is 13.3. The van der Waals surface area contributed by atoms with Gasteiger partial charge in [0.2, 0.25) is 11.8 Å². The maximum absolute atomic E-state index is 13.3. The summed E-state index contributed by atoms with van der Waals surface area (Å²) in [4.78, 5) is 32.6. The fourth-order valence-electron chi connectivity index (χ4n) is 7.51. The molecule has 4 N–H and O–H groups in total. The second-order valence-corrected chi connectivity index (χ2v) is 20.0. The van der Waals surface area contributed by atoms with Crippen LogP contribution in [0, 0.1) is 0 Å². The topological polar surface area (TPSA) is 298 Å². The quantitative estimate of drug-likeness (QED) is 0.0416. The summed E-state index contributed by atoms with van der Waals surface area (Å²) >= 11 is 0. The standard InChI is InChI=1S/2C22H24N4O7S/c27-21(25-28)22(9-13-31-14-10-22)34(29,30)19-7-5-18(6-8-19)32-12-2-4-20-24-26(16-33-20)17-3-1-11-23-15-17;27-21(26-28)22(9-14-31-15-10-22)34(29,30)18-5-3-17(4-6-18)32-13-1-2-19-24-25-20(33-19)16-7-11-23-12-8-16/h1,3,5-8,11,15-16H,2,4,9-10,12-14H2,(H-,25,27,28);3-8,11-12,28H,1-2,9-10,13-15H2,(H,26,27)/p+1. The molecule has 6 heterocycles. The second-order valence-electron chi connectivity index (χ2n) is 15.5. The molecule has 0 aliphatic carbocycles. The Balaban J connectivity index is 0.000000201. The Labute approximate surface area is 390 Å². The van der Waals surface area contributed by atoms with E-state index in [1.807, 2.05) is 12.1 Å². The molecule has 0 bridgehead atoms. The molecule has 0 atom stereocenters. The van der Waals surface area contributed by atoms with E-state index in [1.165, 1.54) is 65.9 Å². The number of hydrogen-bond donors (Lipinski definition) is 4. The zero-order valence-corrected chi connectivity index (χ0v) is 38.1. The highest BCUT2D eigenvalue weighted by Crippen LogP contribution is 2.37. The van der Waals surface area contributed by atoms with Gasteiger partial charge in [0.05, 0.1) is 23.0 Å². The molecule has 24 heteroatoms. The summed E-state index contributed by atoms with van der Waals surface area (Å²) in [6.07, 6.45) is 10.3. The number of sulfone groups is 2. The molecule has 2 amide bonds. The number of hydroxylamine groups is 2. The normalized spacial score (nSPS) is 15.6. The molecule has 68 heavy (non-hydrogen) atoms. The number of carbonyl (C=O) groups excluding carboxylic acids is 2. The van der Waals surface area contributed by atoms with Gasteiger partial charge in [0, 0.05) is 74.6 Å². The van der Waals surface area contributed by atoms with Crippen molar-refractivity contribution in [3.05, 3.63) is 116 Å². The van der Waals surface area contributed by atoms with Crippen molar-refractivity contribution < 1.29 is 69.3 Å². The predicted molar refractivity (Wildman–Crippen MR) is 234 cm³/mol. The molecule has 2 aromatic carbocycles. The van der Waals surface area contributed by atoms with Crippen LogP contribution in [0.2, 0.25) is 0 Å². The first-order valence-corrected chi connectivity index (χ1v) is 24.4. The van der Waals surface area contributed by atoms with E-state index in [4.69, 9.17) is 38.2 Å². The van der Waals surface area contributed by atoms with E-state index in [0.717, 1.165) is 11.3 Å². The molecule has 0 radical (unpaired) electrons. The van der Waals surface area contributed by atoms with Crippen molar-refractivity contribution in [1.82, 2.24) is 36.2 Å². The van der Waals surface area contributed by atoms with Crippen LogP contribution in [0.4, 0.5) is 0 Å². The van der Waals surface area contributed by atoms with Crippen molar-refractivity contribution in [3.8, 4) is 28.6 Å². The summed E-state index contributed by atoms with van der Waals surface area (Å²) in [5.41, 5.74) is 4.59. The van der Waals surface area contributed by atoms with Gasteiger partial charge in [-0.15, -0.1) is 10.2 Å². The molecule has 2 aliphatic heterocycles. The number of benzene rings is 2. The smallest absolute Gasteiger partial charge is 0.368 e. The van der Waals surface area contributed by atoms with Crippen molar-refractivity contribution in [2.75, 3.05) is 39.6 Å². The molecule has 0 saturated carbocycles. The molecule has 6 aromatic rings. The third-order valence-corrected chi connectivity index (χ3v) is 16.4. The zero-order chi connectivity index (χ0) is 48.0. The summed E-state index contributed by atoms with van der Waals surface area (Å²) in [7, 11) is -8.14. The molecule has 4 aromatic heterocycles. The van der Waals surface area contributed by atoms with Gasteiger partial charge in [0.1, 0.15) is 17.7 Å². The van der Waals surface area contributed by atoms with E-state index in [1.54, 1.807) is 41.6 Å². The van der Waals surface area contributed by atoms with Crippen LogP contribution in [-0.4, -0.2) is 113 Å². The molecular formula is C44H49N8O14S2+. The number of hydrogen-bond acceptors (Lipinski definition) is 19. The number of nitrogens with zero attached hydrogens (tertiary/aromatic N) is 6. The van der Waals surface area contributed by atoms with Gasteiger partial charge in [-0.25, -0.2) is 27.8 Å². The van der Waals surface area contributed by atoms with Crippen LogP contribution in [0.25, 0.3) is 17.1 Å². The first-order valence-electron chi connectivity index (χ1n) is 21.4. The zero-order valence-electron chi connectivity index (χ0n) is 36.5. The average Bonchev–Trinajstić information content (AvgIpc) is 4.08. The van der Waals surface area contributed by atoms with Crippen molar-refractivity contribution in [2.24, 2.45) is 0 Å². The number of rotatable bonds is 18. The number of amides is 2. The molecular weight excluding hydrogens is 929 g/mol. The number of nitrogens with one attached hydrogen (secondary N) is 2. The lowest BCUT2D eigenvalue weighted by Gasteiger charge is -2.34. The van der Waals surface area contributed by atoms with Crippen LogP contribution in [0.15, 0.2) is 123 Å². The highest BCUT2D eigenvalue weighted by molar-refractivity contribution is 7.94. The Bertz CT molecular complexity index is 2610. The molecule has 360 valence electrons. The monoisotopic (exact) mass is 977 g/mol. The van der Waals surface area contributed by atoms with Gasteiger partial charge < -0.3 is 27.8 Å². The average molecular weight is 978 g/mol. The minimum atomic E-state index is -4.07. The van der Waals surface area contributed by atoms with Crippen LogP contribution < -0.4 is 25.1 Å². The first-order chi connectivity index (χ1) is 32.9. The van der Waals surface area contributed by atoms with Crippen LogP contribution in [0.3, 0.4) is 0 Å². The molecule has 22 nitrogen and oxygen atoms in total. The van der Waals surface area contributed by atoms with Gasteiger partial charge in [-0.3, -0.25) is 30.0 Å². The summed E-state index contributed by atoms with van der Waals surface area (Å²) in [5.74, 6) is 0.529. The van der Waals surface area contributed by atoms with Crippen LogP contribution >= 0.6 is 0 Å². The van der Waals surface area contributed by atoms with E-state index >= 15 is 0 Å². The van der Waals surface area contributed by atoms with Crippen LogP contribution in [-0.2, 0) is 51.6 Å². The largest absolute Gasteiger partial charge is 0.494 e. The molecule has 2 saturated heterocycles. The van der Waals surface area contributed by atoms with Gasteiger partial charge >= 0.3 is 6.39 Å². The highest BCUT2D eigenvalue weighted by Gasteiger charge is 2.53. The summed E-state index contributed by atoms with van der Waals surface area (Å²) < 4.78 is 84.0. The Hall–Kier alpha value is -6.70. The number of carbonyl (C=O) groups is 2. The minimum Gasteiger partial charge on any atom is -0.494 e. The Morgan fingerprint density at radius 3 is 1.66 bits per heavy atom.